The van der Waals surface area contributed by atoms with Gasteiger partial charge in [-0.2, -0.15) is 0 Å². The number of pyridine rings is 1. The molecule has 2 aromatic rings. The van der Waals surface area contributed by atoms with E-state index in [0.717, 1.165) is 41.9 Å². The molecule has 1 aromatic carbocycles. The fraction of sp³-hybridized carbons (Fsp3) is 0.409. The van der Waals surface area contributed by atoms with Crippen molar-refractivity contribution in [3.8, 4) is 11.5 Å². The van der Waals surface area contributed by atoms with Crippen molar-refractivity contribution in [3.63, 3.8) is 0 Å². The number of carbonyl (C=O) groups excluding carboxylic acids is 1. The van der Waals surface area contributed by atoms with Crippen LogP contribution in [0, 0.1) is 0 Å². The van der Waals surface area contributed by atoms with Gasteiger partial charge in [0.05, 0.1) is 26.0 Å². The summed E-state index contributed by atoms with van der Waals surface area (Å²) in [6.07, 6.45) is 5.97. The maximum atomic E-state index is 11.4. The van der Waals surface area contributed by atoms with Gasteiger partial charge in [0.2, 0.25) is 0 Å². The Kier molecular flexibility index (Phi) is 5.03. The van der Waals surface area contributed by atoms with E-state index in [9.17, 15) is 4.79 Å². The van der Waals surface area contributed by atoms with Gasteiger partial charge in [-0.3, -0.25) is 14.8 Å². The fourth-order valence-corrected chi connectivity index (χ4v) is 4.33. The summed E-state index contributed by atoms with van der Waals surface area (Å²) < 4.78 is 16.6. The number of hydrogen-bond acceptors (Lipinski definition) is 6. The lowest BCUT2D eigenvalue weighted by Crippen LogP contribution is -2.36. The van der Waals surface area contributed by atoms with Crippen molar-refractivity contribution in [2.75, 3.05) is 14.2 Å². The van der Waals surface area contributed by atoms with E-state index in [1.807, 2.05) is 24.4 Å². The highest BCUT2D eigenvalue weighted by Crippen LogP contribution is 2.45. The molecule has 1 aliphatic heterocycles. The van der Waals surface area contributed by atoms with Gasteiger partial charge in [0.25, 0.3) is 0 Å². The second-order valence-corrected chi connectivity index (χ2v) is 7.23. The number of hydrogen-bond donors (Lipinski definition) is 0. The van der Waals surface area contributed by atoms with Gasteiger partial charge in [0.1, 0.15) is 6.10 Å². The van der Waals surface area contributed by atoms with Crippen LogP contribution in [0.1, 0.15) is 48.8 Å². The average molecular weight is 380 g/mol. The molecule has 2 heterocycles. The summed E-state index contributed by atoms with van der Waals surface area (Å²) in [6, 6.07) is 8.06. The number of benzene rings is 1. The molecule has 1 fully saturated rings. The summed E-state index contributed by atoms with van der Waals surface area (Å²) in [5.74, 6) is 1.43. The second kappa shape index (κ2) is 7.62. The Bertz CT molecular complexity index is 910. The number of carbonyl (C=O) groups is 1. The van der Waals surface area contributed by atoms with Gasteiger partial charge in [-0.05, 0) is 42.7 Å². The van der Waals surface area contributed by atoms with Crippen LogP contribution in [0.3, 0.4) is 0 Å². The molecule has 1 saturated carbocycles. The summed E-state index contributed by atoms with van der Waals surface area (Å²) in [6.45, 7) is 1.46. The third-order valence-corrected chi connectivity index (χ3v) is 5.54. The molecule has 1 aromatic heterocycles. The minimum atomic E-state index is -0.234. The summed E-state index contributed by atoms with van der Waals surface area (Å²) in [7, 11) is 3.29. The normalized spacial score (nSPS) is 23.1. The van der Waals surface area contributed by atoms with E-state index in [2.05, 4.69) is 11.1 Å². The van der Waals surface area contributed by atoms with Crippen molar-refractivity contribution in [2.24, 2.45) is 4.99 Å². The molecule has 0 N–H and O–H groups in total. The van der Waals surface area contributed by atoms with Crippen molar-refractivity contribution >= 4 is 11.7 Å². The first-order valence-corrected chi connectivity index (χ1v) is 9.52. The highest BCUT2D eigenvalue weighted by atomic mass is 16.5. The standard InChI is InChI=1S/C22H24N2O4/c1-13(25)28-15-6-7-16-17-10-20(26-2)21(27-3)11-18(17)22(24-19(16)9-15)14-5-4-8-23-12-14/h4-5,8,10-12,15-16,19H,6-7,9H2,1-3H3. The van der Waals surface area contributed by atoms with Crippen molar-refractivity contribution in [1.82, 2.24) is 4.98 Å². The maximum absolute atomic E-state index is 11.4. The quantitative estimate of drug-likeness (QED) is 0.759. The molecule has 28 heavy (non-hydrogen) atoms. The molecule has 1 aliphatic carbocycles. The molecule has 3 atom stereocenters. The predicted octanol–water partition coefficient (Wildman–Crippen LogP) is 3.52. The Hall–Kier alpha value is -2.89. The molecule has 6 heteroatoms. The van der Waals surface area contributed by atoms with E-state index in [0.29, 0.717) is 5.75 Å². The first kappa shape index (κ1) is 18.5. The van der Waals surface area contributed by atoms with Crippen LogP contribution in [0.2, 0.25) is 0 Å². The maximum Gasteiger partial charge on any atom is 0.302 e. The van der Waals surface area contributed by atoms with Crippen LogP contribution >= 0.6 is 0 Å². The minimum Gasteiger partial charge on any atom is -0.493 e. The summed E-state index contributed by atoms with van der Waals surface area (Å²) in [5, 5.41) is 0. The zero-order valence-corrected chi connectivity index (χ0v) is 16.3. The largest absolute Gasteiger partial charge is 0.493 e. The second-order valence-electron chi connectivity index (χ2n) is 7.23. The molecule has 0 spiro atoms. The van der Waals surface area contributed by atoms with Gasteiger partial charge in [0, 0.05) is 42.8 Å². The molecule has 146 valence electrons. The highest BCUT2D eigenvalue weighted by molar-refractivity contribution is 6.14. The summed E-state index contributed by atoms with van der Waals surface area (Å²) in [4.78, 5) is 20.8. The monoisotopic (exact) mass is 380 g/mol. The third kappa shape index (κ3) is 3.35. The average Bonchev–Trinajstić information content (AvgIpc) is 2.72. The number of ether oxygens (including phenoxy) is 3. The molecule has 4 rings (SSSR count). The van der Waals surface area contributed by atoms with Gasteiger partial charge >= 0.3 is 5.97 Å². The molecular formula is C22H24N2O4. The smallest absolute Gasteiger partial charge is 0.302 e. The predicted molar refractivity (Wildman–Crippen MR) is 105 cm³/mol. The zero-order chi connectivity index (χ0) is 19.7. The third-order valence-electron chi connectivity index (χ3n) is 5.54. The summed E-state index contributed by atoms with van der Waals surface area (Å²) >= 11 is 0. The first-order chi connectivity index (χ1) is 13.6. The Balaban J connectivity index is 1.81. The molecule has 0 radical (unpaired) electrons. The Morgan fingerprint density at radius 3 is 2.61 bits per heavy atom. The Labute approximate surface area is 164 Å². The van der Waals surface area contributed by atoms with Crippen LogP contribution in [0.4, 0.5) is 0 Å². The molecule has 3 unspecified atom stereocenters. The van der Waals surface area contributed by atoms with Crippen LogP contribution in [0.25, 0.3) is 0 Å². The lowest BCUT2D eigenvalue weighted by atomic mass is 9.74. The van der Waals surface area contributed by atoms with Crippen LogP contribution in [-0.4, -0.2) is 43.0 Å². The summed E-state index contributed by atoms with van der Waals surface area (Å²) in [5.41, 5.74) is 4.12. The topological polar surface area (TPSA) is 70.0 Å². The fourth-order valence-electron chi connectivity index (χ4n) is 4.33. The highest BCUT2D eigenvalue weighted by Gasteiger charge is 2.38. The minimum absolute atomic E-state index is 0.0545. The van der Waals surface area contributed by atoms with Crippen molar-refractivity contribution in [3.05, 3.63) is 53.3 Å². The van der Waals surface area contributed by atoms with Crippen molar-refractivity contribution < 1.29 is 19.0 Å². The molecule has 0 bridgehead atoms. The number of aromatic nitrogens is 1. The van der Waals surface area contributed by atoms with E-state index in [-0.39, 0.29) is 24.0 Å². The number of nitrogens with zero attached hydrogens (tertiary/aromatic N) is 2. The number of aliphatic imine (C=N–C) groups is 1. The molecule has 0 saturated heterocycles. The van der Waals surface area contributed by atoms with Gasteiger partial charge in [0.15, 0.2) is 11.5 Å². The molecular weight excluding hydrogens is 356 g/mol. The van der Waals surface area contributed by atoms with Crippen LogP contribution in [-0.2, 0) is 9.53 Å². The van der Waals surface area contributed by atoms with Crippen LogP contribution < -0.4 is 9.47 Å². The Morgan fingerprint density at radius 2 is 1.93 bits per heavy atom. The number of esters is 1. The number of fused-ring (bicyclic) bond motifs is 3. The molecule has 2 aliphatic rings. The van der Waals surface area contributed by atoms with Crippen molar-refractivity contribution in [1.29, 1.82) is 0 Å². The lowest BCUT2D eigenvalue weighted by molar-refractivity contribution is -0.148. The van der Waals surface area contributed by atoms with E-state index < -0.39 is 0 Å². The van der Waals surface area contributed by atoms with E-state index in [1.165, 1.54) is 12.5 Å². The first-order valence-electron chi connectivity index (χ1n) is 9.52. The van der Waals surface area contributed by atoms with Crippen LogP contribution in [0.15, 0.2) is 41.7 Å². The number of methoxy groups -OCH3 is 2. The van der Waals surface area contributed by atoms with E-state index >= 15 is 0 Å². The van der Waals surface area contributed by atoms with Gasteiger partial charge in [-0.1, -0.05) is 0 Å². The van der Waals surface area contributed by atoms with Gasteiger partial charge in [-0.25, -0.2) is 0 Å². The van der Waals surface area contributed by atoms with Gasteiger partial charge < -0.3 is 14.2 Å². The number of rotatable bonds is 4. The zero-order valence-electron chi connectivity index (χ0n) is 16.3. The SMILES string of the molecule is COc1cc2c(cc1OC)C1CCC(OC(C)=O)CC1N=C2c1cccnc1. The van der Waals surface area contributed by atoms with Crippen molar-refractivity contribution in [2.45, 2.75) is 44.2 Å². The van der Waals surface area contributed by atoms with E-state index in [4.69, 9.17) is 19.2 Å². The Morgan fingerprint density at radius 1 is 1.14 bits per heavy atom. The molecule has 0 amide bonds. The van der Waals surface area contributed by atoms with Gasteiger partial charge in [-0.15, -0.1) is 0 Å². The lowest BCUT2D eigenvalue weighted by Gasteiger charge is -2.38. The molecule has 6 nitrogen and oxygen atoms in total. The van der Waals surface area contributed by atoms with E-state index in [1.54, 1.807) is 20.4 Å². The van der Waals surface area contributed by atoms with Crippen LogP contribution in [0.5, 0.6) is 11.5 Å².